The Hall–Kier alpha value is -2.13. The smallest absolute Gasteiger partial charge is 0.136 e. The molecule has 3 nitrogen and oxygen atoms in total. The zero-order valence-corrected chi connectivity index (χ0v) is 16.4. The molecule has 0 saturated heterocycles. The van der Waals surface area contributed by atoms with Crippen molar-refractivity contribution in [1.82, 2.24) is 4.98 Å². The first-order valence-electron chi connectivity index (χ1n) is 7.41. The van der Waals surface area contributed by atoms with E-state index in [-0.39, 0.29) is 0 Å². The zero-order valence-electron chi connectivity index (χ0n) is 13.3. The van der Waals surface area contributed by atoms with E-state index in [1.54, 1.807) is 6.20 Å². The van der Waals surface area contributed by atoms with Crippen LogP contribution in [0.2, 0.25) is 5.02 Å². The first-order valence-corrected chi connectivity index (χ1v) is 9.46. The third-order valence-electron chi connectivity index (χ3n) is 3.55. The molecule has 0 aliphatic heterocycles. The number of aryl methyl sites for hydroxylation is 1. The number of rotatable bonds is 4. The Bertz CT molecular complexity index is 971. The zero-order chi connectivity index (χ0) is 17.8. The monoisotopic (exact) mass is 429 g/mol. The predicted molar refractivity (Wildman–Crippen MR) is 109 cm³/mol. The fraction of sp³-hybridized carbons (Fsp3) is 0.0526. The number of nitriles is 1. The van der Waals surface area contributed by atoms with Crippen LogP contribution in [0.25, 0.3) is 16.8 Å². The Labute approximate surface area is 163 Å². The number of thiazole rings is 1. The van der Waals surface area contributed by atoms with Gasteiger partial charge in [-0.15, -0.1) is 11.3 Å². The summed E-state index contributed by atoms with van der Waals surface area (Å²) < 4.78 is 1.02. The molecule has 3 aromatic rings. The number of allylic oxidation sites excluding steroid dienone is 1. The summed E-state index contributed by atoms with van der Waals surface area (Å²) in [5, 5.41) is 15.9. The Morgan fingerprint density at radius 3 is 2.72 bits per heavy atom. The van der Waals surface area contributed by atoms with Gasteiger partial charge in [-0.2, -0.15) is 5.26 Å². The largest absolute Gasteiger partial charge is 0.360 e. The van der Waals surface area contributed by atoms with Gasteiger partial charge in [0, 0.05) is 32.3 Å². The third-order valence-corrected chi connectivity index (χ3v) is 5.36. The first-order chi connectivity index (χ1) is 12.1. The standard InChI is InChI=1S/C19H13BrClN3S/c1-12-2-7-16(8-17(12)21)23-10-14(9-22)19-24-18(11-25-19)13-3-5-15(20)6-4-13/h2-8,10-11,23H,1H3/b14-10+. The number of hydrogen-bond acceptors (Lipinski definition) is 4. The summed E-state index contributed by atoms with van der Waals surface area (Å²) in [5.74, 6) is 0. The van der Waals surface area contributed by atoms with E-state index in [1.807, 2.05) is 54.8 Å². The van der Waals surface area contributed by atoms with Crippen molar-refractivity contribution in [2.45, 2.75) is 6.92 Å². The van der Waals surface area contributed by atoms with Crippen molar-refractivity contribution in [3.8, 4) is 17.3 Å². The molecule has 0 aliphatic rings. The minimum absolute atomic E-state index is 0.477. The normalized spacial score (nSPS) is 11.2. The van der Waals surface area contributed by atoms with Crippen LogP contribution in [-0.2, 0) is 0 Å². The average Bonchev–Trinajstić information content (AvgIpc) is 3.09. The number of benzene rings is 2. The van der Waals surface area contributed by atoms with E-state index in [1.165, 1.54) is 11.3 Å². The van der Waals surface area contributed by atoms with Gasteiger partial charge < -0.3 is 5.32 Å². The van der Waals surface area contributed by atoms with Gasteiger partial charge >= 0.3 is 0 Å². The van der Waals surface area contributed by atoms with Gasteiger partial charge in [-0.1, -0.05) is 45.7 Å². The molecule has 2 aromatic carbocycles. The van der Waals surface area contributed by atoms with Gasteiger partial charge in [-0.05, 0) is 36.8 Å². The molecule has 0 saturated carbocycles. The summed E-state index contributed by atoms with van der Waals surface area (Å²) in [7, 11) is 0. The third kappa shape index (κ3) is 4.29. The molecule has 1 N–H and O–H groups in total. The highest BCUT2D eigenvalue weighted by Gasteiger charge is 2.09. The average molecular weight is 431 g/mol. The van der Waals surface area contributed by atoms with Crippen molar-refractivity contribution in [1.29, 1.82) is 5.26 Å². The first kappa shape index (κ1) is 17.7. The minimum atomic E-state index is 0.477. The van der Waals surface area contributed by atoms with Gasteiger partial charge in [0.15, 0.2) is 0 Å². The molecule has 0 spiro atoms. The predicted octanol–water partition coefficient (Wildman–Crippen LogP) is 6.51. The van der Waals surface area contributed by atoms with Crippen LogP contribution >= 0.6 is 38.9 Å². The van der Waals surface area contributed by atoms with Crippen LogP contribution in [0.5, 0.6) is 0 Å². The van der Waals surface area contributed by atoms with Crippen molar-refractivity contribution in [3.05, 3.63) is 74.1 Å². The molecule has 0 amide bonds. The molecule has 1 heterocycles. The lowest BCUT2D eigenvalue weighted by atomic mass is 10.2. The summed E-state index contributed by atoms with van der Waals surface area (Å²) >= 11 is 11.0. The molecule has 6 heteroatoms. The van der Waals surface area contributed by atoms with Crippen LogP contribution in [0, 0.1) is 18.3 Å². The molecule has 25 heavy (non-hydrogen) atoms. The van der Waals surface area contributed by atoms with Gasteiger partial charge in [0.1, 0.15) is 16.6 Å². The van der Waals surface area contributed by atoms with E-state index in [4.69, 9.17) is 11.6 Å². The molecule has 0 bridgehead atoms. The van der Waals surface area contributed by atoms with Crippen molar-refractivity contribution < 1.29 is 0 Å². The maximum atomic E-state index is 9.45. The maximum Gasteiger partial charge on any atom is 0.136 e. The Balaban J connectivity index is 1.82. The molecular weight excluding hydrogens is 418 g/mol. The number of nitrogens with one attached hydrogen (secondary N) is 1. The maximum absolute atomic E-state index is 9.45. The van der Waals surface area contributed by atoms with Crippen molar-refractivity contribution in [2.24, 2.45) is 0 Å². The van der Waals surface area contributed by atoms with E-state index >= 15 is 0 Å². The van der Waals surface area contributed by atoms with Gasteiger partial charge in [0.05, 0.1) is 5.69 Å². The van der Waals surface area contributed by atoms with Crippen LogP contribution in [0.1, 0.15) is 10.6 Å². The minimum Gasteiger partial charge on any atom is -0.360 e. The number of anilines is 1. The van der Waals surface area contributed by atoms with E-state index in [0.29, 0.717) is 15.6 Å². The summed E-state index contributed by atoms with van der Waals surface area (Å²) in [6.07, 6.45) is 1.66. The molecule has 3 rings (SSSR count). The van der Waals surface area contributed by atoms with Gasteiger partial charge in [-0.25, -0.2) is 4.98 Å². The lowest BCUT2D eigenvalue weighted by molar-refractivity contribution is 1.36. The number of halogens is 2. The molecule has 0 radical (unpaired) electrons. The lowest BCUT2D eigenvalue weighted by Crippen LogP contribution is -1.91. The van der Waals surface area contributed by atoms with E-state index in [9.17, 15) is 5.26 Å². The molecule has 0 unspecified atom stereocenters. The highest BCUT2D eigenvalue weighted by Crippen LogP contribution is 2.27. The molecular formula is C19H13BrClN3S. The van der Waals surface area contributed by atoms with E-state index in [0.717, 1.165) is 27.0 Å². The Kier molecular flexibility index (Phi) is 5.54. The number of nitrogens with zero attached hydrogens (tertiary/aromatic N) is 2. The van der Waals surface area contributed by atoms with Gasteiger partial charge in [-0.3, -0.25) is 0 Å². The summed E-state index contributed by atoms with van der Waals surface area (Å²) in [4.78, 5) is 4.57. The van der Waals surface area contributed by atoms with Crippen LogP contribution in [0.15, 0.2) is 58.5 Å². The molecule has 1 aromatic heterocycles. The molecule has 124 valence electrons. The van der Waals surface area contributed by atoms with Crippen molar-refractivity contribution >= 4 is 50.1 Å². The van der Waals surface area contributed by atoms with Crippen molar-refractivity contribution in [2.75, 3.05) is 5.32 Å². The lowest BCUT2D eigenvalue weighted by Gasteiger charge is -2.04. The van der Waals surface area contributed by atoms with E-state index < -0.39 is 0 Å². The van der Waals surface area contributed by atoms with Gasteiger partial charge in [0.2, 0.25) is 0 Å². The van der Waals surface area contributed by atoms with Crippen LogP contribution in [0.3, 0.4) is 0 Å². The number of aromatic nitrogens is 1. The van der Waals surface area contributed by atoms with Crippen LogP contribution < -0.4 is 5.32 Å². The fourth-order valence-corrected chi connectivity index (χ4v) is 3.37. The SMILES string of the molecule is Cc1ccc(N/C=C(\C#N)c2nc(-c3ccc(Br)cc3)cs2)cc1Cl. The highest BCUT2D eigenvalue weighted by molar-refractivity contribution is 9.10. The van der Waals surface area contributed by atoms with Crippen LogP contribution in [-0.4, -0.2) is 4.98 Å². The van der Waals surface area contributed by atoms with Crippen molar-refractivity contribution in [3.63, 3.8) is 0 Å². The summed E-state index contributed by atoms with van der Waals surface area (Å²) in [6.45, 7) is 1.95. The summed E-state index contributed by atoms with van der Waals surface area (Å²) in [5.41, 5.74) is 4.18. The molecule has 0 atom stereocenters. The topological polar surface area (TPSA) is 48.7 Å². The second-order valence-electron chi connectivity index (χ2n) is 5.32. The highest BCUT2D eigenvalue weighted by atomic mass is 79.9. The van der Waals surface area contributed by atoms with E-state index in [2.05, 4.69) is 32.3 Å². The summed E-state index contributed by atoms with van der Waals surface area (Å²) in [6, 6.07) is 15.8. The second-order valence-corrected chi connectivity index (χ2v) is 7.50. The Morgan fingerprint density at radius 2 is 2.04 bits per heavy atom. The van der Waals surface area contributed by atoms with Gasteiger partial charge in [0.25, 0.3) is 0 Å². The Morgan fingerprint density at radius 1 is 1.28 bits per heavy atom. The fourth-order valence-electron chi connectivity index (χ4n) is 2.13. The molecule has 0 fully saturated rings. The second kappa shape index (κ2) is 7.83. The quantitative estimate of drug-likeness (QED) is 0.480. The number of hydrogen-bond donors (Lipinski definition) is 1. The molecule has 0 aliphatic carbocycles. The van der Waals surface area contributed by atoms with Crippen LogP contribution in [0.4, 0.5) is 5.69 Å².